The first kappa shape index (κ1) is 15.8. The van der Waals surface area contributed by atoms with Crippen molar-refractivity contribution in [1.29, 1.82) is 0 Å². The molecule has 6 nitrogen and oxygen atoms in total. The van der Waals surface area contributed by atoms with Crippen LogP contribution in [-0.2, 0) is 0 Å². The topological polar surface area (TPSA) is 121 Å². The Bertz CT molecular complexity index is 175. The van der Waals surface area contributed by atoms with Crippen molar-refractivity contribution in [2.75, 3.05) is 0 Å². The largest absolute Gasteiger partial charge is 0.390 e. The lowest BCUT2D eigenvalue weighted by molar-refractivity contribution is -0.0519. The Morgan fingerprint density at radius 2 is 0.444 bits per heavy atom. The molecule has 0 saturated heterocycles. The highest BCUT2D eigenvalue weighted by Crippen LogP contribution is 2.19. The fourth-order valence-electron chi connectivity index (χ4n) is 2.18. The summed E-state index contributed by atoms with van der Waals surface area (Å²) >= 11 is 0. The van der Waals surface area contributed by atoms with E-state index >= 15 is 0 Å². The first-order valence-corrected chi connectivity index (χ1v) is 6.50. The molecular weight excluding hydrogens is 240 g/mol. The molecule has 1 aliphatic carbocycles. The number of aliphatic hydroxyl groups excluding tert-OH is 6. The highest BCUT2D eigenvalue weighted by molar-refractivity contribution is 4.78. The van der Waals surface area contributed by atoms with Gasteiger partial charge >= 0.3 is 0 Å². The molecule has 6 N–H and O–H groups in total. The predicted molar refractivity (Wildman–Crippen MR) is 63.7 cm³/mol. The van der Waals surface area contributed by atoms with Crippen LogP contribution in [0.4, 0.5) is 0 Å². The molecule has 0 aromatic heterocycles. The van der Waals surface area contributed by atoms with Crippen molar-refractivity contribution >= 4 is 0 Å². The molecule has 6 atom stereocenters. The lowest BCUT2D eigenvalue weighted by atomic mass is 9.93. The lowest BCUT2D eigenvalue weighted by Gasteiger charge is -2.26. The molecule has 1 fully saturated rings. The quantitative estimate of drug-likeness (QED) is 0.317. The van der Waals surface area contributed by atoms with E-state index in [9.17, 15) is 30.6 Å². The Kier molecular flexibility index (Phi) is 6.48. The van der Waals surface area contributed by atoms with Crippen molar-refractivity contribution in [1.82, 2.24) is 0 Å². The van der Waals surface area contributed by atoms with Gasteiger partial charge in [-0.25, -0.2) is 0 Å². The zero-order chi connectivity index (χ0) is 13.7. The Hall–Kier alpha value is -0.240. The zero-order valence-electron chi connectivity index (χ0n) is 10.4. The van der Waals surface area contributed by atoms with Gasteiger partial charge in [0.15, 0.2) is 0 Å². The Morgan fingerprint density at radius 3 is 0.556 bits per heavy atom. The van der Waals surface area contributed by atoms with E-state index in [4.69, 9.17) is 0 Å². The maximum atomic E-state index is 9.63. The number of hydrogen-bond acceptors (Lipinski definition) is 6. The van der Waals surface area contributed by atoms with Gasteiger partial charge in [-0.15, -0.1) is 0 Å². The molecule has 1 rings (SSSR count). The average Bonchev–Trinajstić information content (AvgIpc) is 2.36. The van der Waals surface area contributed by atoms with E-state index in [0.717, 1.165) is 0 Å². The molecule has 1 aliphatic rings. The van der Waals surface area contributed by atoms with Gasteiger partial charge in [-0.3, -0.25) is 0 Å². The fraction of sp³-hybridized carbons (Fsp3) is 1.00. The normalized spacial score (nSPS) is 45.0. The summed E-state index contributed by atoms with van der Waals surface area (Å²) in [6, 6.07) is 0. The van der Waals surface area contributed by atoms with Gasteiger partial charge in [-0.2, -0.15) is 0 Å². The van der Waals surface area contributed by atoms with Gasteiger partial charge in [0.2, 0.25) is 0 Å². The molecule has 0 spiro atoms. The second kappa shape index (κ2) is 7.37. The van der Waals surface area contributed by atoms with Crippen LogP contribution in [-0.4, -0.2) is 67.3 Å². The lowest BCUT2D eigenvalue weighted by Crippen LogP contribution is -2.35. The van der Waals surface area contributed by atoms with Crippen LogP contribution in [0.15, 0.2) is 0 Å². The summed E-state index contributed by atoms with van der Waals surface area (Å²) in [5.74, 6) is 0. The highest BCUT2D eigenvalue weighted by Gasteiger charge is 2.26. The molecule has 0 aliphatic heterocycles. The van der Waals surface area contributed by atoms with E-state index in [-0.39, 0.29) is 38.5 Å². The van der Waals surface area contributed by atoms with Crippen molar-refractivity contribution in [3.05, 3.63) is 0 Å². The van der Waals surface area contributed by atoms with Crippen LogP contribution in [0.25, 0.3) is 0 Å². The van der Waals surface area contributed by atoms with Gasteiger partial charge in [0, 0.05) is 0 Å². The Morgan fingerprint density at radius 1 is 0.333 bits per heavy atom. The summed E-state index contributed by atoms with van der Waals surface area (Å²) in [6.07, 6.45) is -4.79. The van der Waals surface area contributed by atoms with E-state index < -0.39 is 36.6 Å². The minimum Gasteiger partial charge on any atom is -0.390 e. The summed E-state index contributed by atoms with van der Waals surface area (Å²) in [7, 11) is 0. The van der Waals surface area contributed by atoms with Crippen molar-refractivity contribution in [3.8, 4) is 0 Å². The molecule has 0 bridgehead atoms. The maximum Gasteiger partial charge on any atom is 0.0800 e. The van der Waals surface area contributed by atoms with Crippen LogP contribution in [0.3, 0.4) is 0 Å². The first-order chi connectivity index (χ1) is 8.41. The smallest absolute Gasteiger partial charge is 0.0800 e. The van der Waals surface area contributed by atoms with Gasteiger partial charge in [-0.1, -0.05) is 0 Å². The van der Waals surface area contributed by atoms with Crippen LogP contribution in [0.5, 0.6) is 0 Å². The maximum absolute atomic E-state index is 9.63. The van der Waals surface area contributed by atoms with Crippen LogP contribution in [0, 0.1) is 0 Å². The molecule has 0 aromatic carbocycles. The number of hydrogen-bond donors (Lipinski definition) is 6. The van der Waals surface area contributed by atoms with E-state index in [0.29, 0.717) is 0 Å². The molecule has 6 heteroatoms. The SMILES string of the molecule is O[C@H]1CC[C@H](O)[C@@H](O)CC[C@H](O)[C@@H](O)CC[C@@H]1O. The molecule has 0 aromatic rings. The van der Waals surface area contributed by atoms with Crippen LogP contribution < -0.4 is 0 Å². The molecule has 18 heavy (non-hydrogen) atoms. The van der Waals surface area contributed by atoms with Crippen molar-refractivity contribution in [3.63, 3.8) is 0 Å². The zero-order valence-corrected chi connectivity index (χ0v) is 10.4. The van der Waals surface area contributed by atoms with Crippen LogP contribution >= 0.6 is 0 Å². The van der Waals surface area contributed by atoms with Gasteiger partial charge in [-0.05, 0) is 38.5 Å². The van der Waals surface area contributed by atoms with Crippen LogP contribution in [0.1, 0.15) is 38.5 Å². The summed E-state index contributed by atoms with van der Waals surface area (Å²) in [4.78, 5) is 0. The number of rotatable bonds is 0. The molecule has 0 heterocycles. The monoisotopic (exact) mass is 264 g/mol. The third-order valence-electron chi connectivity index (χ3n) is 3.61. The third kappa shape index (κ3) is 4.79. The summed E-state index contributed by atoms with van der Waals surface area (Å²) < 4.78 is 0. The number of aliphatic hydroxyl groups is 6. The fourth-order valence-corrected chi connectivity index (χ4v) is 2.18. The Labute approximate surface area is 107 Å². The molecule has 0 amide bonds. The van der Waals surface area contributed by atoms with Gasteiger partial charge in [0.05, 0.1) is 36.6 Å². The summed E-state index contributed by atoms with van der Waals surface area (Å²) in [5, 5.41) is 57.8. The highest BCUT2D eigenvalue weighted by atomic mass is 16.3. The molecular formula is C12H24O6. The summed E-state index contributed by atoms with van der Waals surface area (Å²) in [6.45, 7) is 0. The van der Waals surface area contributed by atoms with Crippen molar-refractivity contribution in [2.45, 2.75) is 75.1 Å². The third-order valence-corrected chi connectivity index (χ3v) is 3.61. The van der Waals surface area contributed by atoms with E-state index in [1.54, 1.807) is 0 Å². The van der Waals surface area contributed by atoms with Crippen LogP contribution in [0.2, 0.25) is 0 Å². The van der Waals surface area contributed by atoms with E-state index in [1.807, 2.05) is 0 Å². The Balaban J connectivity index is 2.61. The molecule has 108 valence electrons. The second-order valence-corrected chi connectivity index (χ2v) is 5.14. The van der Waals surface area contributed by atoms with Gasteiger partial charge in [0.1, 0.15) is 0 Å². The first-order valence-electron chi connectivity index (χ1n) is 6.50. The minimum absolute atomic E-state index is 0.193. The standard InChI is InChI=1S/C12H24O6/c13-7-1-2-8(14)10(16)5-6-12(18)11(17)4-3-9(7)15/h7-18H,1-6H2/t7-,8-,9-,10-,11-,12-/m0/s1. The molecule has 1 saturated carbocycles. The molecule has 0 unspecified atom stereocenters. The van der Waals surface area contributed by atoms with E-state index in [2.05, 4.69) is 0 Å². The van der Waals surface area contributed by atoms with Gasteiger partial charge in [0.25, 0.3) is 0 Å². The second-order valence-electron chi connectivity index (χ2n) is 5.14. The molecule has 0 radical (unpaired) electrons. The minimum atomic E-state index is -0.990. The van der Waals surface area contributed by atoms with Crippen molar-refractivity contribution in [2.24, 2.45) is 0 Å². The average molecular weight is 264 g/mol. The van der Waals surface area contributed by atoms with Crippen molar-refractivity contribution < 1.29 is 30.6 Å². The predicted octanol–water partition coefficient (Wildman–Crippen LogP) is -1.49. The van der Waals surface area contributed by atoms with Gasteiger partial charge < -0.3 is 30.6 Å². The summed E-state index contributed by atoms with van der Waals surface area (Å²) in [5.41, 5.74) is 0. The van der Waals surface area contributed by atoms with E-state index in [1.165, 1.54) is 0 Å².